The molecule has 0 aromatic heterocycles. The average Bonchev–Trinajstić information content (AvgIpc) is 2.75. The van der Waals surface area contributed by atoms with Crippen molar-refractivity contribution in [2.24, 2.45) is 11.7 Å². The number of nitrogens with two attached hydrogens (primary N) is 1. The molecular formula is C12H25Cl2N3O. The molecule has 18 heavy (non-hydrogen) atoms. The van der Waals surface area contributed by atoms with Crippen LogP contribution in [-0.2, 0) is 4.79 Å². The molecule has 2 aliphatic heterocycles. The molecule has 0 spiro atoms. The van der Waals surface area contributed by atoms with Crippen molar-refractivity contribution in [1.82, 2.24) is 10.2 Å². The van der Waals surface area contributed by atoms with Crippen molar-refractivity contribution in [1.29, 1.82) is 0 Å². The van der Waals surface area contributed by atoms with Crippen LogP contribution in [0.3, 0.4) is 0 Å². The highest BCUT2D eigenvalue weighted by atomic mass is 35.5. The van der Waals surface area contributed by atoms with E-state index in [-0.39, 0.29) is 36.6 Å². The summed E-state index contributed by atoms with van der Waals surface area (Å²) in [7, 11) is 0. The van der Waals surface area contributed by atoms with E-state index in [0.29, 0.717) is 18.6 Å². The maximum atomic E-state index is 11.7. The van der Waals surface area contributed by atoms with E-state index in [1.165, 1.54) is 19.4 Å². The Morgan fingerprint density at radius 1 is 1.39 bits per heavy atom. The van der Waals surface area contributed by atoms with Crippen LogP contribution in [0.1, 0.15) is 32.6 Å². The monoisotopic (exact) mass is 297 g/mol. The van der Waals surface area contributed by atoms with Crippen LogP contribution in [0.25, 0.3) is 0 Å². The van der Waals surface area contributed by atoms with E-state index in [4.69, 9.17) is 5.73 Å². The zero-order valence-electron chi connectivity index (χ0n) is 10.9. The standard InChI is InChI=1S/C12H23N3O.2ClH/c1-9(8-13)12(16)14-10-4-6-15-5-2-3-11(15)7-10;;/h9-11H,2-8,13H2,1H3,(H,14,16);2*1H. The zero-order chi connectivity index (χ0) is 11.5. The molecule has 3 unspecified atom stereocenters. The highest BCUT2D eigenvalue weighted by Crippen LogP contribution is 2.26. The summed E-state index contributed by atoms with van der Waals surface area (Å²) in [6.07, 6.45) is 4.85. The molecule has 4 nitrogen and oxygen atoms in total. The number of carbonyl (C=O) groups excluding carboxylic acids is 1. The molecule has 2 saturated heterocycles. The third-order valence-electron chi connectivity index (χ3n) is 3.97. The maximum absolute atomic E-state index is 11.7. The minimum Gasteiger partial charge on any atom is -0.353 e. The molecule has 2 aliphatic rings. The van der Waals surface area contributed by atoms with Crippen molar-refractivity contribution in [2.45, 2.75) is 44.7 Å². The molecule has 0 aliphatic carbocycles. The van der Waals surface area contributed by atoms with Gasteiger partial charge in [-0.15, -0.1) is 24.8 Å². The molecule has 0 saturated carbocycles. The topological polar surface area (TPSA) is 58.4 Å². The highest BCUT2D eigenvalue weighted by Gasteiger charge is 2.32. The first kappa shape index (κ1) is 18.0. The molecular weight excluding hydrogens is 273 g/mol. The molecule has 2 fully saturated rings. The number of carbonyl (C=O) groups is 1. The molecule has 0 radical (unpaired) electrons. The lowest BCUT2D eigenvalue weighted by atomic mass is 9.97. The molecule has 108 valence electrons. The van der Waals surface area contributed by atoms with Crippen molar-refractivity contribution < 1.29 is 4.79 Å². The fraction of sp³-hybridized carbons (Fsp3) is 0.917. The lowest BCUT2D eigenvalue weighted by Crippen LogP contribution is -2.49. The number of hydrogen-bond acceptors (Lipinski definition) is 3. The van der Waals surface area contributed by atoms with Crippen LogP contribution in [0, 0.1) is 5.92 Å². The van der Waals surface area contributed by atoms with Crippen LogP contribution < -0.4 is 11.1 Å². The van der Waals surface area contributed by atoms with Crippen molar-refractivity contribution in [3.05, 3.63) is 0 Å². The summed E-state index contributed by atoms with van der Waals surface area (Å²) in [5.74, 6) is 0.0700. The van der Waals surface area contributed by atoms with Crippen molar-refractivity contribution in [3.8, 4) is 0 Å². The van der Waals surface area contributed by atoms with Gasteiger partial charge in [-0.3, -0.25) is 4.79 Å². The van der Waals surface area contributed by atoms with Crippen molar-refractivity contribution >= 4 is 30.7 Å². The van der Waals surface area contributed by atoms with Crippen molar-refractivity contribution in [2.75, 3.05) is 19.6 Å². The lowest BCUT2D eigenvalue weighted by Gasteiger charge is -2.35. The largest absolute Gasteiger partial charge is 0.353 e. The Morgan fingerprint density at radius 2 is 2.11 bits per heavy atom. The molecule has 0 aromatic carbocycles. The summed E-state index contributed by atoms with van der Waals surface area (Å²) in [5, 5.41) is 3.14. The van der Waals surface area contributed by atoms with E-state index >= 15 is 0 Å². The van der Waals surface area contributed by atoms with Crippen LogP contribution in [-0.4, -0.2) is 42.5 Å². The van der Waals surface area contributed by atoms with Gasteiger partial charge in [0, 0.05) is 31.1 Å². The van der Waals surface area contributed by atoms with Gasteiger partial charge in [-0.05, 0) is 32.2 Å². The second kappa shape index (κ2) is 8.20. The van der Waals surface area contributed by atoms with E-state index in [2.05, 4.69) is 10.2 Å². The molecule has 1 amide bonds. The van der Waals surface area contributed by atoms with Crippen LogP contribution >= 0.6 is 24.8 Å². The van der Waals surface area contributed by atoms with Crippen LogP contribution in [0.4, 0.5) is 0 Å². The molecule has 3 N–H and O–H groups in total. The van der Waals surface area contributed by atoms with Crippen LogP contribution in [0.5, 0.6) is 0 Å². The Bertz CT molecular complexity index is 266. The molecule has 2 rings (SSSR count). The summed E-state index contributed by atoms with van der Waals surface area (Å²) in [4.78, 5) is 14.3. The minimum absolute atomic E-state index is 0. The first-order chi connectivity index (χ1) is 7.70. The number of fused-ring (bicyclic) bond motifs is 1. The highest BCUT2D eigenvalue weighted by molar-refractivity contribution is 5.85. The predicted octanol–water partition coefficient (Wildman–Crippen LogP) is 1.17. The number of piperidine rings is 1. The maximum Gasteiger partial charge on any atom is 0.224 e. The Morgan fingerprint density at radius 3 is 2.78 bits per heavy atom. The second-order valence-electron chi connectivity index (χ2n) is 5.20. The first-order valence-corrected chi connectivity index (χ1v) is 6.45. The van der Waals surface area contributed by atoms with E-state index in [0.717, 1.165) is 19.4 Å². The van der Waals surface area contributed by atoms with Gasteiger partial charge in [0.1, 0.15) is 0 Å². The smallest absolute Gasteiger partial charge is 0.224 e. The number of hydrogen-bond donors (Lipinski definition) is 2. The summed E-state index contributed by atoms with van der Waals surface area (Å²) < 4.78 is 0. The predicted molar refractivity (Wildman–Crippen MR) is 78.5 cm³/mol. The summed E-state index contributed by atoms with van der Waals surface area (Å²) >= 11 is 0. The number of rotatable bonds is 3. The summed E-state index contributed by atoms with van der Waals surface area (Å²) in [6.45, 7) is 4.73. The SMILES string of the molecule is CC(CN)C(=O)NC1CCN2CCCC2C1.Cl.Cl. The van der Waals surface area contributed by atoms with E-state index in [1.807, 2.05) is 6.92 Å². The van der Waals surface area contributed by atoms with Gasteiger partial charge in [0.2, 0.25) is 5.91 Å². The van der Waals surface area contributed by atoms with Crippen LogP contribution in [0.15, 0.2) is 0 Å². The molecule has 3 atom stereocenters. The first-order valence-electron chi connectivity index (χ1n) is 6.45. The van der Waals surface area contributed by atoms with Gasteiger partial charge < -0.3 is 16.0 Å². The van der Waals surface area contributed by atoms with E-state index < -0.39 is 0 Å². The summed E-state index contributed by atoms with van der Waals surface area (Å²) in [6, 6.07) is 1.09. The Hall–Kier alpha value is -0.0300. The third-order valence-corrected chi connectivity index (χ3v) is 3.97. The van der Waals surface area contributed by atoms with E-state index in [1.54, 1.807) is 0 Å². The minimum atomic E-state index is -0.0541. The lowest BCUT2D eigenvalue weighted by molar-refractivity contribution is -0.125. The molecule has 0 aromatic rings. The molecule has 6 heteroatoms. The van der Waals surface area contributed by atoms with Gasteiger partial charge >= 0.3 is 0 Å². The van der Waals surface area contributed by atoms with Gasteiger partial charge in [0.05, 0.1) is 0 Å². The van der Waals surface area contributed by atoms with E-state index in [9.17, 15) is 4.79 Å². The Balaban J connectivity index is 0.00000144. The summed E-state index contributed by atoms with van der Waals surface area (Å²) in [5.41, 5.74) is 5.49. The van der Waals surface area contributed by atoms with Crippen LogP contribution in [0.2, 0.25) is 0 Å². The number of nitrogens with one attached hydrogen (secondary N) is 1. The third kappa shape index (κ3) is 4.26. The van der Waals surface area contributed by atoms with Gasteiger partial charge in [0.25, 0.3) is 0 Å². The Kier molecular flexibility index (Phi) is 8.19. The zero-order valence-corrected chi connectivity index (χ0v) is 12.6. The quantitative estimate of drug-likeness (QED) is 0.822. The van der Waals surface area contributed by atoms with Gasteiger partial charge in [-0.2, -0.15) is 0 Å². The number of amides is 1. The number of nitrogens with zero attached hydrogens (tertiary/aromatic N) is 1. The molecule has 0 bridgehead atoms. The van der Waals surface area contributed by atoms with Gasteiger partial charge in [0.15, 0.2) is 0 Å². The van der Waals surface area contributed by atoms with Gasteiger partial charge in [-0.1, -0.05) is 6.92 Å². The fourth-order valence-electron chi connectivity index (χ4n) is 2.81. The normalized spacial score (nSPS) is 28.6. The average molecular weight is 298 g/mol. The molecule has 2 heterocycles. The van der Waals surface area contributed by atoms with Gasteiger partial charge in [-0.25, -0.2) is 0 Å². The fourth-order valence-corrected chi connectivity index (χ4v) is 2.81. The number of halogens is 2. The van der Waals surface area contributed by atoms with Crippen molar-refractivity contribution in [3.63, 3.8) is 0 Å². The second-order valence-corrected chi connectivity index (χ2v) is 5.20. The Labute approximate surface area is 122 Å².